The number of benzene rings is 1. The molecule has 1 aromatic rings. The molecule has 0 saturated carbocycles. The molecule has 1 fully saturated rings. The van der Waals surface area contributed by atoms with E-state index >= 15 is 0 Å². The number of amides is 1. The van der Waals surface area contributed by atoms with Crippen molar-refractivity contribution in [2.24, 2.45) is 0 Å². The van der Waals surface area contributed by atoms with Crippen LogP contribution in [0.3, 0.4) is 0 Å². The third-order valence-electron chi connectivity index (χ3n) is 3.71. The van der Waals surface area contributed by atoms with Crippen molar-refractivity contribution in [1.82, 2.24) is 0 Å². The van der Waals surface area contributed by atoms with Crippen LogP contribution in [-0.2, 0) is 14.3 Å². The number of carboxylic acid groups (broad SMARTS) is 1. The average molecular weight is 354 g/mol. The third-order valence-corrected chi connectivity index (χ3v) is 4.35. The molecule has 0 bridgehead atoms. The largest absolute Gasteiger partial charge is 0.479 e. The van der Waals surface area contributed by atoms with E-state index in [1.54, 1.807) is 18.2 Å². The van der Waals surface area contributed by atoms with E-state index in [1.165, 1.54) is 4.90 Å². The Balaban J connectivity index is 1.83. The van der Waals surface area contributed by atoms with Crippen molar-refractivity contribution in [1.29, 1.82) is 0 Å². The first kappa shape index (κ1) is 14.2. The van der Waals surface area contributed by atoms with E-state index < -0.39 is 23.8 Å². The lowest BCUT2D eigenvalue weighted by molar-refractivity contribution is -0.149. The molecule has 0 aliphatic carbocycles. The van der Waals surface area contributed by atoms with E-state index in [4.69, 9.17) is 9.84 Å². The summed E-state index contributed by atoms with van der Waals surface area (Å²) in [5, 5.41) is 8.92. The van der Waals surface area contributed by atoms with Gasteiger partial charge in [0.25, 0.3) is 11.7 Å². The van der Waals surface area contributed by atoms with Gasteiger partial charge in [-0.25, -0.2) is 4.79 Å². The molecule has 3 rings (SSSR count). The summed E-state index contributed by atoms with van der Waals surface area (Å²) in [5.41, 5.74) is 0.900. The lowest BCUT2D eigenvalue weighted by Crippen LogP contribution is -2.37. The highest BCUT2D eigenvalue weighted by Gasteiger charge is 2.40. The van der Waals surface area contributed by atoms with Crippen LogP contribution >= 0.6 is 15.9 Å². The van der Waals surface area contributed by atoms with Crippen LogP contribution in [0.1, 0.15) is 23.2 Å². The Morgan fingerprint density at radius 1 is 1.38 bits per heavy atom. The van der Waals surface area contributed by atoms with Crippen LogP contribution < -0.4 is 4.90 Å². The Bertz CT molecular complexity index is 644. The van der Waals surface area contributed by atoms with E-state index in [9.17, 15) is 14.4 Å². The fraction of sp³-hybridized carbons (Fsp3) is 0.357. The van der Waals surface area contributed by atoms with Crippen LogP contribution in [0.15, 0.2) is 22.7 Å². The number of anilines is 1. The summed E-state index contributed by atoms with van der Waals surface area (Å²) < 4.78 is 6.06. The molecule has 21 heavy (non-hydrogen) atoms. The van der Waals surface area contributed by atoms with E-state index in [1.807, 2.05) is 0 Å². The Labute approximate surface area is 128 Å². The summed E-state index contributed by atoms with van der Waals surface area (Å²) in [7, 11) is 0. The van der Waals surface area contributed by atoms with Gasteiger partial charge in [0.05, 0.1) is 23.9 Å². The number of ketones is 1. The fourth-order valence-corrected chi connectivity index (χ4v) is 3.29. The summed E-state index contributed by atoms with van der Waals surface area (Å²) >= 11 is 3.35. The number of rotatable bonds is 3. The molecule has 110 valence electrons. The highest BCUT2D eigenvalue weighted by atomic mass is 79.9. The van der Waals surface area contributed by atoms with E-state index in [2.05, 4.69) is 15.9 Å². The van der Waals surface area contributed by atoms with Crippen molar-refractivity contribution in [2.75, 3.05) is 11.4 Å². The second-order valence-corrected chi connectivity index (χ2v) is 5.90. The number of halogens is 1. The summed E-state index contributed by atoms with van der Waals surface area (Å²) in [6.07, 6.45) is -0.240. The monoisotopic (exact) mass is 353 g/mol. The smallest absolute Gasteiger partial charge is 0.332 e. The number of para-hydroxylation sites is 1. The minimum absolute atomic E-state index is 0.184. The SMILES string of the molecule is O=C1C(=O)N(CC2CCC(C(=O)O)O2)c2c(Br)cccc21. The van der Waals surface area contributed by atoms with Crippen molar-refractivity contribution in [3.05, 3.63) is 28.2 Å². The normalized spacial score (nSPS) is 24.5. The molecule has 6 nitrogen and oxygen atoms in total. The quantitative estimate of drug-likeness (QED) is 0.834. The highest BCUT2D eigenvalue weighted by Crippen LogP contribution is 2.37. The molecular weight excluding hydrogens is 342 g/mol. The first-order chi connectivity index (χ1) is 9.99. The van der Waals surface area contributed by atoms with Gasteiger partial charge in [-0.15, -0.1) is 0 Å². The minimum Gasteiger partial charge on any atom is -0.479 e. The summed E-state index contributed by atoms with van der Waals surface area (Å²) in [6.45, 7) is 0.184. The van der Waals surface area contributed by atoms with Gasteiger partial charge in [0, 0.05) is 4.47 Å². The number of aliphatic carboxylic acids is 1. The van der Waals surface area contributed by atoms with Crippen LogP contribution in [0.2, 0.25) is 0 Å². The molecule has 2 aliphatic heterocycles. The summed E-state index contributed by atoms with van der Waals surface area (Å²) in [6, 6.07) is 5.06. The van der Waals surface area contributed by atoms with Gasteiger partial charge < -0.3 is 14.7 Å². The number of ether oxygens (including phenoxy) is 1. The topological polar surface area (TPSA) is 83.9 Å². The molecule has 0 aromatic heterocycles. The zero-order valence-corrected chi connectivity index (χ0v) is 12.5. The van der Waals surface area contributed by atoms with Crippen LogP contribution in [-0.4, -0.2) is 41.5 Å². The molecule has 2 heterocycles. The standard InChI is InChI=1S/C14H12BrNO5/c15-9-3-1-2-8-11(9)16(13(18)12(8)17)6-7-4-5-10(21-7)14(19)20/h1-3,7,10H,4-6H2,(H,19,20). The Kier molecular flexibility index (Phi) is 3.54. The third kappa shape index (κ3) is 2.36. The number of carboxylic acids is 1. The zero-order valence-electron chi connectivity index (χ0n) is 10.9. The Morgan fingerprint density at radius 3 is 2.81 bits per heavy atom. The van der Waals surface area contributed by atoms with Crippen molar-refractivity contribution in [3.63, 3.8) is 0 Å². The van der Waals surface area contributed by atoms with Crippen LogP contribution in [0.25, 0.3) is 0 Å². The van der Waals surface area contributed by atoms with Gasteiger partial charge in [0.15, 0.2) is 6.10 Å². The summed E-state index contributed by atoms with van der Waals surface area (Å²) in [5.74, 6) is -2.14. The first-order valence-corrected chi connectivity index (χ1v) is 7.31. The van der Waals surface area contributed by atoms with Crippen molar-refractivity contribution < 1.29 is 24.2 Å². The number of carbonyl (C=O) groups excluding carboxylic acids is 2. The van der Waals surface area contributed by atoms with Gasteiger partial charge >= 0.3 is 5.97 Å². The molecule has 7 heteroatoms. The maximum Gasteiger partial charge on any atom is 0.332 e. The lowest BCUT2D eigenvalue weighted by Gasteiger charge is -2.21. The minimum atomic E-state index is -0.997. The predicted molar refractivity (Wildman–Crippen MR) is 76.4 cm³/mol. The van der Waals surface area contributed by atoms with Crippen molar-refractivity contribution in [2.45, 2.75) is 25.0 Å². The van der Waals surface area contributed by atoms with E-state index in [0.29, 0.717) is 28.6 Å². The fourth-order valence-electron chi connectivity index (χ4n) is 2.71. The highest BCUT2D eigenvalue weighted by molar-refractivity contribution is 9.10. The number of hydrogen-bond acceptors (Lipinski definition) is 4. The van der Waals surface area contributed by atoms with Crippen LogP contribution in [0.5, 0.6) is 0 Å². The molecule has 0 radical (unpaired) electrons. The first-order valence-electron chi connectivity index (χ1n) is 6.52. The molecular formula is C14H12BrNO5. The Morgan fingerprint density at radius 2 is 2.14 bits per heavy atom. The number of hydrogen-bond donors (Lipinski definition) is 1. The molecule has 1 amide bonds. The zero-order chi connectivity index (χ0) is 15.1. The van der Waals surface area contributed by atoms with Gasteiger partial charge in [-0.1, -0.05) is 6.07 Å². The number of fused-ring (bicyclic) bond motifs is 1. The molecule has 1 aromatic carbocycles. The number of carbonyl (C=O) groups is 3. The molecule has 0 spiro atoms. The summed E-state index contributed by atoms with van der Waals surface area (Å²) in [4.78, 5) is 36.3. The van der Waals surface area contributed by atoms with Crippen molar-refractivity contribution >= 4 is 39.3 Å². The van der Waals surface area contributed by atoms with E-state index in [-0.39, 0.29) is 12.6 Å². The molecule has 1 N–H and O–H groups in total. The maximum atomic E-state index is 12.1. The van der Waals surface area contributed by atoms with Crippen LogP contribution in [0, 0.1) is 0 Å². The second kappa shape index (κ2) is 5.23. The maximum absolute atomic E-state index is 12.1. The van der Waals surface area contributed by atoms with Crippen LogP contribution in [0.4, 0.5) is 5.69 Å². The molecule has 2 unspecified atom stereocenters. The lowest BCUT2D eigenvalue weighted by atomic mass is 10.1. The number of Topliss-reactive ketones (excluding diaryl/α,β-unsaturated/α-hetero) is 1. The van der Waals surface area contributed by atoms with Crippen molar-refractivity contribution in [3.8, 4) is 0 Å². The number of nitrogens with zero attached hydrogens (tertiary/aromatic N) is 1. The van der Waals surface area contributed by atoms with Gasteiger partial charge in [-0.3, -0.25) is 9.59 Å². The van der Waals surface area contributed by atoms with Gasteiger partial charge in [0.2, 0.25) is 0 Å². The predicted octanol–water partition coefficient (Wildman–Crippen LogP) is 1.61. The molecule has 1 saturated heterocycles. The molecule has 2 aliphatic rings. The second-order valence-electron chi connectivity index (χ2n) is 5.04. The van der Waals surface area contributed by atoms with Gasteiger partial charge in [-0.05, 0) is 40.9 Å². The van der Waals surface area contributed by atoms with E-state index in [0.717, 1.165) is 0 Å². The Hall–Kier alpha value is -1.73. The van der Waals surface area contributed by atoms with Gasteiger partial charge in [-0.2, -0.15) is 0 Å². The molecule has 2 atom stereocenters. The average Bonchev–Trinajstić information content (AvgIpc) is 3.00. The van der Waals surface area contributed by atoms with Gasteiger partial charge in [0.1, 0.15) is 0 Å².